The van der Waals surface area contributed by atoms with E-state index in [9.17, 15) is 9.59 Å². The summed E-state index contributed by atoms with van der Waals surface area (Å²) in [4.78, 5) is 31.1. The van der Waals surface area contributed by atoms with Crippen LogP contribution in [-0.4, -0.2) is 23.8 Å². The van der Waals surface area contributed by atoms with Crippen molar-refractivity contribution in [2.45, 2.75) is 19.4 Å². The highest BCUT2D eigenvalue weighted by Crippen LogP contribution is 2.29. The zero-order valence-electron chi connectivity index (χ0n) is 13.4. The van der Waals surface area contributed by atoms with Crippen molar-refractivity contribution in [3.63, 3.8) is 0 Å². The fraction of sp³-hybridized carbons (Fsp3) is 0.235. The topological polar surface area (TPSA) is 62.3 Å². The first kappa shape index (κ1) is 16.6. The van der Waals surface area contributed by atoms with Crippen molar-refractivity contribution in [1.29, 1.82) is 0 Å². The number of benzene rings is 1. The number of hydrogen-bond acceptors (Lipinski definition) is 5. The van der Waals surface area contributed by atoms with E-state index in [-0.39, 0.29) is 24.3 Å². The van der Waals surface area contributed by atoms with Crippen molar-refractivity contribution < 1.29 is 9.59 Å². The monoisotopic (exact) mass is 359 g/mol. The Bertz CT molecular complexity index is 825. The molecule has 0 unspecified atom stereocenters. The Hall–Kier alpha value is -2.25. The summed E-state index contributed by atoms with van der Waals surface area (Å²) >= 11 is 3.01. The summed E-state index contributed by atoms with van der Waals surface area (Å²) in [5.41, 5.74) is 0.883. The van der Waals surface area contributed by atoms with Gasteiger partial charge in [-0.05, 0) is 23.6 Å². The van der Waals surface area contributed by atoms with E-state index in [1.54, 1.807) is 11.9 Å². The summed E-state index contributed by atoms with van der Waals surface area (Å²) in [6, 6.07) is 11.3. The van der Waals surface area contributed by atoms with Crippen molar-refractivity contribution in [2.75, 3.05) is 11.9 Å². The molecule has 0 aliphatic carbocycles. The number of carbonyl (C=O) groups is 2. The number of nitrogens with zero attached hydrogens (tertiary/aromatic N) is 2. The zero-order valence-corrected chi connectivity index (χ0v) is 15.0. The Morgan fingerprint density at radius 2 is 2.04 bits per heavy atom. The predicted molar refractivity (Wildman–Crippen MR) is 98.5 cm³/mol. The molecule has 124 valence electrons. The van der Waals surface area contributed by atoms with Crippen LogP contribution in [-0.2, 0) is 9.59 Å². The molecule has 0 radical (unpaired) electrons. The van der Waals surface area contributed by atoms with Crippen LogP contribution in [0.5, 0.6) is 0 Å². The van der Waals surface area contributed by atoms with E-state index in [1.807, 2.05) is 41.8 Å². The third-order valence-corrected chi connectivity index (χ3v) is 5.69. The highest BCUT2D eigenvalue weighted by molar-refractivity contribution is 7.22. The number of hydrogen-bond donors (Lipinski definition) is 1. The van der Waals surface area contributed by atoms with Gasteiger partial charge in [-0.15, -0.1) is 11.3 Å². The molecule has 5 nitrogen and oxygen atoms in total. The Balaban J connectivity index is 1.77. The van der Waals surface area contributed by atoms with Gasteiger partial charge < -0.3 is 5.32 Å². The molecule has 24 heavy (non-hydrogen) atoms. The van der Waals surface area contributed by atoms with Crippen LogP contribution in [0.15, 0.2) is 41.8 Å². The lowest BCUT2D eigenvalue weighted by Crippen LogP contribution is -2.33. The second-order valence-corrected chi connectivity index (χ2v) is 7.38. The van der Waals surface area contributed by atoms with Gasteiger partial charge in [-0.3, -0.25) is 14.5 Å². The molecule has 0 saturated carbocycles. The molecule has 2 amide bonds. The molecular weight excluding hydrogens is 342 g/mol. The number of carbonyl (C=O) groups excluding carboxylic acids is 2. The predicted octanol–water partition coefficient (Wildman–Crippen LogP) is 3.59. The summed E-state index contributed by atoms with van der Waals surface area (Å²) in [5, 5.41) is 5.45. The van der Waals surface area contributed by atoms with Crippen molar-refractivity contribution in [3.8, 4) is 0 Å². The lowest BCUT2D eigenvalue weighted by Gasteiger charge is -2.19. The number of nitrogens with one attached hydrogen (secondary N) is 1. The van der Waals surface area contributed by atoms with Crippen molar-refractivity contribution >= 4 is 49.8 Å². The molecule has 0 saturated heterocycles. The van der Waals surface area contributed by atoms with Gasteiger partial charge in [0.25, 0.3) is 0 Å². The number of amides is 2. The quantitative estimate of drug-likeness (QED) is 0.757. The number of rotatable bonds is 5. The van der Waals surface area contributed by atoms with Gasteiger partial charge in [-0.2, -0.15) is 0 Å². The molecule has 1 N–H and O–H groups in total. The number of thiophene rings is 1. The summed E-state index contributed by atoms with van der Waals surface area (Å²) in [6.07, 6.45) is 0.201. The van der Waals surface area contributed by atoms with Crippen molar-refractivity contribution in [1.82, 2.24) is 10.3 Å². The van der Waals surface area contributed by atoms with E-state index < -0.39 is 0 Å². The molecule has 0 bridgehead atoms. The third-order valence-electron chi connectivity index (χ3n) is 3.59. The second-order valence-electron chi connectivity index (χ2n) is 5.39. The smallest absolute Gasteiger partial charge is 0.230 e. The van der Waals surface area contributed by atoms with E-state index in [2.05, 4.69) is 10.3 Å². The molecule has 3 aromatic rings. The normalized spacial score (nSPS) is 12.1. The van der Waals surface area contributed by atoms with Crippen LogP contribution < -0.4 is 10.2 Å². The van der Waals surface area contributed by atoms with Gasteiger partial charge in [0, 0.05) is 18.8 Å². The number of anilines is 1. The maximum Gasteiger partial charge on any atom is 0.230 e. The largest absolute Gasteiger partial charge is 0.348 e. The van der Waals surface area contributed by atoms with Crippen LogP contribution in [0.3, 0.4) is 0 Å². The second kappa shape index (κ2) is 7.11. The first-order chi connectivity index (χ1) is 11.5. The molecule has 0 fully saturated rings. The number of thiazole rings is 1. The molecule has 2 heterocycles. The molecule has 7 heteroatoms. The molecule has 3 rings (SSSR count). The van der Waals surface area contributed by atoms with Gasteiger partial charge in [0.05, 0.1) is 22.7 Å². The lowest BCUT2D eigenvalue weighted by molar-refractivity contribution is -0.121. The minimum absolute atomic E-state index is 0.0822. The highest BCUT2D eigenvalue weighted by Gasteiger charge is 2.22. The van der Waals surface area contributed by atoms with E-state index in [0.717, 1.165) is 15.1 Å². The minimum atomic E-state index is -0.313. The SMILES string of the molecule is CC(=O)N[C@H](CC(=O)N(C)c1nc2ccccc2s1)c1cccs1. The van der Waals surface area contributed by atoms with Crippen LogP contribution >= 0.6 is 22.7 Å². The van der Waals surface area contributed by atoms with Gasteiger partial charge in [-0.25, -0.2) is 4.98 Å². The van der Waals surface area contributed by atoms with Crippen molar-refractivity contribution in [2.24, 2.45) is 0 Å². The Kier molecular flexibility index (Phi) is 4.92. The van der Waals surface area contributed by atoms with Crippen LogP contribution in [0.2, 0.25) is 0 Å². The molecule has 0 aliphatic rings. The fourth-order valence-electron chi connectivity index (χ4n) is 2.38. The number of aromatic nitrogens is 1. The fourth-order valence-corrected chi connectivity index (χ4v) is 4.10. The molecule has 2 aromatic heterocycles. The van der Waals surface area contributed by atoms with Crippen LogP contribution in [0.1, 0.15) is 24.3 Å². The average molecular weight is 359 g/mol. The van der Waals surface area contributed by atoms with Gasteiger partial charge in [-0.1, -0.05) is 29.5 Å². The molecular formula is C17H17N3O2S2. The van der Waals surface area contributed by atoms with Crippen molar-refractivity contribution in [3.05, 3.63) is 46.7 Å². The summed E-state index contributed by atoms with van der Waals surface area (Å²) in [6.45, 7) is 1.46. The highest BCUT2D eigenvalue weighted by atomic mass is 32.1. The standard InChI is InChI=1S/C17H17N3O2S2/c1-11(21)18-13(14-8-5-9-23-14)10-16(22)20(2)17-19-12-6-3-4-7-15(12)24-17/h3-9,13H,10H2,1-2H3,(H,18,21)/t13-/m1/s1. The lowest BCUT2D eigenvalue weighted by atomic mass is 10.1. The number of fused-ring (bicyclic) bond motifs is 1. The summed E-state index contributed by atoms with van der Waals surface area (Å²) < 4.78 is 1.05. The number of para-hydroxylation sites is 1. The Labute approximate surface area is 147 Å². The van der Waals surface area contributed by atoms with Gasteiger partial charge in [0.1, 0.15) is 0 Å². The van der Waals surface area contributed by atoms with Gasteiger partial charge in [0.2, 0.25) is 11.8 Å². The van der Waals surface area contributed by atoms with Crippen LogP contribution in [0.4, 0.5) is 5.13 Å². The average Bonchev–Trinajstić information content (AvgIpc) is 3.22. The third kappa shape index (κ3) is 3.63. The van der Waals surface area contributed by atoms with E-state index >= 15 is 0 Å². The van der Waals surface area contributed by atoms with Crippen LogP contribution in [0.25, 0.3) is 10.2 Å². The summed E-state index contributed by atoms with van der Waals surface area (Å²) in [7, 11) is 1.72. The van der Waals surface area contributed by atoms with Crippen LogP contribution in [0, 0.1) is 0 Å². The Morgan fingerprint density at radius 1 is 1.25 bits per heavy atom. The maximum atomic E-state index is 12.7. The van der Waals surface area contributed by atoms with Gasteiger partial charge in [0.15, 0.2) is 5.13 Å². The first-order valence-electron chi connectivity index (χ1n) is 7.47. The molecule has 1 atom stereocenters. The summed E-state index contributed by atoms with van der Waals surface area (Å²) in [5.74, 6) is -0.231. The van der Waals surface area contributed by atoms with E-state index in [0.29, 0.717) is 5.13 Å². The van der Waals surface area contributed by atoms with E-state index in [1.165, 1.54) is 29.6 Å². The molecule has 0 spiro atoms. The van der Waals surface area contributed by atoms with E-state index in [4.69, 9.17) is 0 Å². The molecule has 0 aliphatic heterocycles. The van der Waals surface area contributed by atoms with Gasteiger partial charge >= 0.3 is 0 Å². The minimum Gasteiger partial charge on any atom is -0.348 e. The zero-order chi connectivity index (χ0) is 17.1. The molecule has 1 aromatic carbocycles. The maximum absolute atomic E-state index is 12.7. The Morgan fingerprint density at radius 3 is 2.71 bits per heavy atom. The first-order valence-corrected chi connectivity index (χ1v) is 9.17.